The Balaban J connectivity index is 2.32. The van der Waals surface area contributed by atoms with Crippen molar-refractivity contribution in [3.63, 3.8) is 0 Å². The van der Waals surface area contributed by atoms with Crippen molar-refractivity contribution < 1.29 is 4.74 Å². The second-order valence-electron chi connectivity index (χ2n) is 2.96. The molecule has 0 aromatic rings. The van der Waals surface area contributed by atoms with Crippen molar-refractivity contribution in [3.05, 3.63) is 0 Å². The molecule has 10 heavy (non-hydrogen) atoms. The smallest absolute Gasteiger partial charge is 0.108 e. The van der Waals surface area contributed by atoms with Gasteiger partial charge in [0.2, 0.25) is 0 Å². The third-order valence-corrected chi connectivity index (χ3v) is 2.84. The summed E-state index contributed by atoms with van der Waals surface area (Å²) < 4.78 is 5.33. The van der Waals surface area contributed by atoms with Crippen molar-refractivity contribution in [3.8, 4) is 0 Å². The van der Waals surface area contributed by atoms with E-state index in [0.717, 1.165) is 25.9 Å². The van der Waals surface area contributed by atoms with Gasteiger partial charge in [-0.1, -0.05) is 20.3 Å². The molecule has 0 saturated carbocycles. The van der Waals surface area contributed by atoms with Crippen LogP contribution in [0.5, 0.6) is 0 Å². The highest BCUT2D eigenvalue weighted by atomic mass is 35.5. The summed E-state index contributed by atoms with van der Waals surface area (Å²) in [6.07, 6.45) is 3.29. The maximum atomic E-state index is 6.11. The molecular weight excluding hydrogens is 148 g/mol. The van der Waals surface area contributed by atoms with Crippen LogP contribution in [-0.2, 0) is 4.74 Å². The van der Waals surface area contributed by atoms with E-state index >= 15 is 0 Å². The fraction of sp³-hybridized carbons (Fsp3) is 1.00. The number of halogens is 1. The summed E-state index contributed by atoms with van der Waals surface area (Å²) in [7, 11) is 0. The first-order valence-electron chi connectivity index (χ1n) is 4.03. The molecule has 0 amide bonds. The van der Waals surface area contributed by atoms with Crippen LogP contribution in [0.4, 0.5) is 0 Å². The monoisotopic (exact) mass is 162 g/mol. The van der Waals surface area contributed by atoms with Crippen molar-refractivity contribution in [2.45, 2.75) is 44.1 Å². The average molecular weight is 163 g/mol. The summed E-state index contributed by atoms with van der Waals surface area (Å²) in [6, 6.07) is 0. The maximum Gasteiger partial charge on any atom is 0.108 e. The van der Waals surface area contributed by atoms with E-state index in [9.17, 15) is 0 Å². The molecule has 1 nitrogen and oxygen atoms in total. The third kappa shape index (κ3) is 1.46. The van der Waals surface area contributed by atoms with E-state index in [4.69, 9.17) is 16.3 Å². The fourth-order valence-electron chi connectivity index (χ4n) is 1.22. The number of hydrogen-bond acceptors (Lipinski definition) is 1. The molecular formula is C8H15ClO. The Kier molecular flexibility index (Phi) is 2.59. The number of rotatable bonds is 4. The minimum atomic E-state index is 0.0670. The molecule has 0 N–H and O–H groups in total. The minimum Gasteiger partial charge on any atom is -0.368 e. The molecule has 2 heteroatoms. The minimum absolute atomic E-state index is 0.0670. The molecule has 1 saturated heterocycles. The topological polar surface area (TPSA) is 12.5 Å². The summed E-state index contributed by atoms with van der Waals surface area (Å²) in [5, 5.41) is 0.238. The maximum absolute atomic E-state index is 6.11. The Morgan fingerprint density at radius 2 is 2.20 bits per heavy atom. The van der Waals surface area contributed by atoms with Crippen molar-refractivity contribution in [1.29, 1.82) is 0 Å². The van der Waals surface area contributed by atoms with Crippen LogP contribution in [-0.4, -0.2) is 17.6 Å². The normalized spacial score (nSPS) is 33.9. The number of ether oxygens (including phenoxy) is 1. The Bertz CT molecular complexity index is 110. The van der Waals surface area contributed by atoms with Gasteiger partial charge in [-0.25, -0.2) is 0 Å². The Hall–Kier alpha value is 0.250. The Morgan fingerprint density at radius 3 is 2.50 bits per heavy atom. The van der Waals surface area contributed by atoms with E-state index in [1.165, 1.54) is 0 Å². The van der Waals surface area contributed by atoms with Gasteiger partial charge in [-0.05, 0) is 12.8 Å². The van der Waals surface area contributed by atoms with Crippen molar-refractivity contribution in [1.82, 2.24) is 0 Å². The molecule has 0 aromatic heterocycles. The van der Waals surface area contributed by atoms with Gasteiger partial charge in [-0.2, -0.15) is 0 Å². The first-order chi connectivity index (χ1) is 4.75. The van der Waals surface area contributed by atoms with Crippen LogP contribution in [0, 0.1) is 0 Å². The highest BCUT2D eigenvalue weighted by Crippen LogP contribution is 2.39. The van der Waals surface area contributed by atoms with Crippen LogP contribution in [0.25, 0.3) is 0 Å². The highest BCUT2D eigenvalue weighted by molar-refractivity contribution is 6.21. The van der Waals surface area contributed by atoms with Gasteiger partial charge in [-0.15, -0.1) is 11.6 Å². The van der Waals surface area contributed by atoms with Crippen LogP contribution < -0.4 is 0 Å². The van der Waals surface area contributed by atoms with Gasteiger partial charge >= 0.3 is 0 Å². The van der Waals surface area contributed by atoms with Crippen LogP contribution >= 0.6 is 11.6 Å². The lowest BCUT2D eigenvalue weighted by atomic mass is 10.00. The predicted molar refractivity (Wildman–Crippen MR) is 43.5 cm³/mol. The fourth-order valence-corrected chi connectivity index (χ4v) is 1.71. The first kappa shape index (κ1) is 8.35. The van der Waals surface area contributed by atoms with Gasteiger partial charge in [0.05, 0.1) is 12.0 Å². The molecule has 0 radical (unpaired) electrons. The lowest BCUT2D eigenvalue weighted by Gasteiger charge is -2.14. The first-order valence-corrected chi connectivity index (χ1v) is 4.47. The second kappa shape index (κ2) is 3.10. The summed E-state index contributed by atoms with van der Waals surface area (Å²) in [5.74, 6) is 0. The zero-order valence-electron chi connectivity index (χ0n) is 6.69. The Morgan fingerprint density at radius 1 is 1.60 bits per heavy atom. The molecule has 60 valence electrons. The third-order valence-electron chi connectivity index (χ3n) is 2.23. The summed E-state index contributed by atoms with van der Waals surface area (Å²) in [6.45, 7) is 5.16. The van der Waals surface area contributed by atoms with E-state index in [1.807, 2.05) is 0 Å². The van der Waals surface area contributed by atoms with Gasteiger partial charge in [-0.3, -0.25) is 0 Å². The van der Waals surface area contributed by atoms with Gasteiger partial charge in [0.25, 0.3) is 0 Å². The molecule has 0 aliphatic carbocycles. The van der Waals surface area contributed by atoms with Gasteiger partial charge in [0, 0.05) is 0 Å². The van der Waals surface area contributed by atoms with Crippen LogP contribution in [0.15, 0.2) is 0 Å². The molecule has 1 aliphatic rings. The van der Waals surface area contributed by atoms with Crippen molar-refractivity contribution >= 4 is 11.6 Å². The second-order valence-corrected chi connectivity index (χ2v) is 3.49. The van der Waals surface area contributed by atoms with Crippen LogP contribution in [0.3, 0.4) is 0 Å². The molecule has 1 fully saturated rings. The predicted octanol–water partition coefficient (Wildman–Crippen LogP) is 2.57. The average Bonchev–Trinajstić information content (AvgIpc) is 2.68. The molecule has 2 atom stereocenters. The van der Waals surface area contributed by atoms with E-state index < -0.39 is 0 Å². The molecule has 0 bridgehead atoms. The summed E-state index contributed by atoms with van der Waals surface area (Å²) in [4.78, 5) is 0. The van der Waals surface area contributed by atoms with E-state index in [2.05, 4.69) is 13.8 Å². The van der Waals surface area contributed by atoms with Gasteiger partial charge in [0.1, 0.15) is 5.60 Å². The van der Waals surface area contributed by atoms with E-state index in [0.29, 0.717) is 0 Å². The van der Waals surface area contributed by atoms with Crippen LogP contribution in [0.1, 0.15) is 33.1 Å². The standard InChI is InChI=1S/C8H15ClO/c1-3-5-7(9)8(4-2)6-10-8/h7H,3-6H2,1-2H3/t7-,8-/m1/s1. The molecule has 0 aromatic carbocycles. The molecule has 0 spiro atoms. The van der Waals surface area contributed by atoms with Gasteiger partial charge in [0.15, 0.2) is 0 Å². The lowest BCUT2D eigenvalue weighted by Crippen LogP contribution is -2.23. The summed E-state index contributed by atoms with van der Waals surface area (Å²) in [5.41, 5.74) is 0.0670. The number of hydrogen-bond donors (Lipinski definition) is 0. The lowest BCUT2D eigenvalue weighted by molar-refractivity contribution is 0.280. The van der Waals surface area contributed by atoms with Gasteiger partial charge < -0.3 is 4.74 Å². The Labute approximate surface area is 67.7 Å². The zero-order valence-corrected chi connectivity index (χ0v) is 7.45. The van der Waals surface area contributed by atoms with Crippen molar-refractivity contribution in [2.75, 3.05) is 6.61 Å². The SMILES string of the molecule is CCC[C@@H](Cl)[C@@]1(CC)CO1. The highest BCUT2D eigenvalue weighted by Gasteiger charge is 2.48. The molecule has 0 unspecified atom stereocenters. The van der Waals surface area contributed by atoms with Crippen LogP contribution in [0.2, 0.25) is 0 Å². The molecule has 1 heterocycles. The quantitative estimate of drug-likeness (QED) is 0.457. The number of alkyl halides is 1. The summed E-state index contributed by atoms with van der Waals surface area (Å²) >= 11 is 6.11. The number of epoxide rings is 1. The molecule has 1 rings (SSSR count). The van der Waals surface area contributed by atoms with E-state index in [1.54, 1.807) is 0 Å². The van der Waals surface area contributed by atoms with Crippen molar-refractivity contribution in [2.24, 2.45) is 0 Å². The van der Waals surface area contributed by atoms with E-state index in [-0.39, 0.29) is 11.0 Å². The largest absolute Gasteiger partial charge is 0.368 e. The zero-order chi connectivity index (χ0) is 7.61. The molecule has 1 aliphatic heterocycles.